The molecule has 2 amide bonds. The molecule has 0 aliphatic rings. The Morgan fingerprint density at radius 3 is 2.12 bits per heavy atom. The Hall–Kier alpha value is -2.82. The molecule has 0 aliphatic carbocycles. The fourth-order valence-electron chi connectivity index (χ4n) is 2.32. The summed E-state index contributed by atoms with van der Waals surface area (Å²) in [7, 11) is 0. The maximum atomic E-state index is 12.0. The number of unbranched alkanes of at least 4 members (excludes halogenated alkanes) is 1. The molecule has 0 saturated heterocycles. The lowest BCUT2D eigenvalue weighted by molar-refractivity contribution is -0.118. The molecule has 0 aliphatic heterocycles. The highest BCUT2D eigenvalue weighted by Gasteiger charge is 2.04. The molecule has 0 bridgehead atoms. The van der Waals surface area contributed by atoms with Crippen molar-refractivity contribution >= 4 is 23.2 Å². The number of anilines is 2. The molecule has 0 fully saturated rings. The molecule has 0 aromatic heterocycles. The van der Waals surface area contributed by atoms with Crippen LogP contribution in [-0.4, -0.2) is 18.4 Å². The van der Waals surface area contributed by atoms with E-state index in [0.717, 1.165) is 12.1 Å². The zero-order valence-corrected chi connectivity index (χ0v) is 14.7. The van der Waals surface area contributed by atoms with Gasteiger partial charge < -0.3 is 15.4 Å². The van der Waals surface area contributed by atoms with Gasteiger partial charge in [-0.3, -0.25) is 9.59 Å². The van der Waals surface area contributed by atoms with E-state index in [0.29, 0.717) is 11.4 Å². The number of nitrogens with one attached hydrogen (secondary N) is 2. The molecule has 0 atom stereocenters. The Bertz CT molecular complexity index is 694. The third-order valence-corrected chi connectivity index (χ3v) is 3.60. The second kappa shape index (κ2) is 9.47. The molecule has 0 saturated carbocycles. The number of hydrogen-bond acceptors (Lipinski definition) is 3. The molecule has 2 aromatic rings. The number of carbonyl (C=O) groups is 2. The van der Waals surface area contributed by atoms with Gasteiger partial charge in [-0.05, 0) is 54.8 Å². The molecule has 25 heavy (non-hydrogen) atoms. The van der Waals surface area contributed by atoms with Gasteiger partial charge in [0.05, 0.1) is 0 Å². The second-order valence-electron chi connectivity index (χ2n) is 5.84. The van der Waals surface area contributed by atoms with E-state index in [1.54, 1.807) is 24.3 Å². The van der Waals surface area contributed by atoms with Gasteiger partial charge in [0.15, 0.2) is 6.61 Å². The van der Waals surface area contributed by atoms with Gasteiger partial charge in [0.2, 0.25) is 5.91 Å². The normalized spacial score (nSPS) is 10.2. The van der Waals surface area contributed by atoms with Crippen LogP contribution in [0.3, 0.4) is 0 Å². The van der Waals surface area contributed by atoms with Gasteiger partial charge in [-0.25, -0.2) is 0 Å². The predicted molar refractivity (Wildman–Crippen MR) is 99.9 cm³/mol. The van der Waals surface area contributed by atoms with Crippen LogP contribution in [0.4, 0.5) is 11.4 Å². The molecular weight excluding hydrogens is 316 g/mol. The molecule has 0 radical (unpaired) electrons. The number of ether oxygens (including phenoxy) is 1. The van der Waals surface area contributed by atoms with Crippen LogP contribution >= 0.6 is 0 Å². The van der Waals surface area contributed by atoms with E-state index in [1.165, 1.54) is 25.3 Å². The minimum Gasteiger partial charge on any atom is -0.484 e. The van der Waals surface area contributed by atoms with E-state index < -0.39 is 0 Å². The summed E-state index contributed by atoms with van der Waals surface area (Å²) >= 11 is 0. The summed E-state index contributed by atoms with van der Waals surface area (Å²) in [6, 6.07) is 14.8. The van der Waals surface area contributed by atoms with Crippen LogP contribution in [0.1, 0.15) is 32.3 Å². The Morgan fingerprint density at radius 2 is 1.52 bits per heavy atom. The maximum Gasteiger partial charge on any atom is 0.262 e. The lowest BCUT2D eigenvalue weighted by Gasteiger charge is -2.09. The van der Waals surface area contributed by atoms with Crippen molar-refractivity contribution < 1.29 is 14.3 Å². The monoisotopic (exact) mass is 340 g/mol. The van der Waals surface area contributed by atoms with Crippen LogP contribution in [0, 0.1) is 0 Å². The van der Waals surface area contributed by atoms with E-state index >= 15 is 0 Å². The molecular formula is C20H24N2O3. The molecule has 2 rings (SSSR count). The van der Waals surface area contributed by atoms with Crippen molar-refractivity contribution in [3.05, 3.63) is 54.1 Å². The maximum absolute atomic E-state index is 12.0. The van der Waals surface area contributed by atoms with E-state index in [-0.39, 0.29) is 18.4 Å². The molecule has 0 heterocycles. The first-order valence-corrected chi connectivity index (χ1v) is 8.46. The highest BCUT2D eigenvalue weighted by molar-refractivity contribution is 5.92. The van der Waals surface area contributed by atoms with Crippen molar-refractivity contribution in [3.8, 4) is 5.75 Å². The highest BCUT2D eigenvalue weighted by atomic mass is 16.5. The largest absolute Gasteiger partial charge is 0.484 e. The first-order chi connectivity index (χ1) is 12.1. The van der Waals surface area contributed by atoms with Crippen LogP contribution in [0.15, 0.2) is 48.5 Å². The fraction of sp³-hybridized carbons (Fsp3) is 0.300. The molecule has 0 spiro atoms. The van der Waals surface area contributed by atoms with E-state index in [4.69, 9.17) is 4.74 Å². The van der Waals surface area contributed by atoms with Crippen molar-refractivity contribution in [1.29, 1.82) is 0 Å². The highest BCUT2D eigenvalue weighted by Crippen LogP contribution is 2.16. The zero-order chi connectivity index (χ0) is 18.1. The van der Waals surface area contributed by atoms with Gasteiger partial charge in [-0.1, -0.05) is 25.5 Å². The zero-order valence-electron chi connectivity index (χ0n) is 14.7. The van der Waals surface area contributed by atoms with Crippen molar-refractivity contribution in [2.75, 3.05) is 17.2 Å². The van der Waals surface area contributed by atoms with Crippen LogP contribution in [-0.2, 0) is 16.0 Å². The molecule has 2 aromatic carbocycles. The number of carbonyl (C=O) groups excluding carboxylic acids is 2. The molecule has 0 unspecified atom stereocenters. The minimum atomic E-state index is -0.216. The van der Waals surface area contributed by atoms with Gasteiger partial charge >= 0.3 is 0 Å². The summed E-state index contributed by atoms with van der Waals surface area (Å²) in [4.78, 5) is 22.9. The third kappa shape index (κ3) is 6.67. The fourth-order valence-corrected chi connectivity index (χ4v) is 2.32. The van der Waals surface area contributed by atoms with Crippen LogP contribution in [0.25, 0.3) is 0 Å². The van der Waals surface area contributed by atoms with Crippen LogP contribution < -0.4 is 15.4 Å². The molecule has 5 nitrogen and oxygen atoms in total. The predicted octanol–water partition coefficient (Wildman–Crippen LogP) is 4.01. The van der Waals surface area contributed by atoms with Crippen LogP contribution in [0.5, 0.6) is 5.75 Å². The summed E-state index contributed by atoms with van der Waals surface area (Å²) in [5.41, 5.74) is 2.72. The smallest absolute Gasteiger partial charge is 0.262 e. The van der Waals surface area contributed by atoms with Gasteiger partial charge in [-0.2, -0.15) is 0 Å². The lowest BCUT2D eigenvalue weighted by atomic mass is 10.1. The first kappa shape index (κ1) is 18.5. The van der Waals surface area contributed by atoms with E-state index in [2.05, 4.69) is 17.6 Å². The average Bonchev–Trinajstić information content (AvgIpc) is 2.60. The summed E-state index contributed by atoms with van der Waals surface area (Å²) < 4.78 is 5.45. The molecule has 2 N–H and O–H groups in total. The van der Waals surface area contributed by atoms with E-state index in [1.807, 2.05) is 24.3 Å². The van der Waals surface area contributed by atoms with Crippen molar-refractivity contribution in [2.45, 2.75) is 33.1 Å². The van der Waals surface area contributed by atoms with Crippen LogP contribution in [0.2, 0.25) is 0 Å². The number of amides is 2. The molecule has 132 valence electrons. The van der Waals surface area contributed by atoms with Crippen molar-refractivity contribution in [2.24, 2.45) is 0 Å². The van der Waals surface area contributed by atoms with Gasteiger partial charge in [-0.15, -0.1) is 0 Å². The second-order valence-corrected chi connectivity index (χ2v) is 5.84. The first-order valence-electron chi connectivity index (χ1n) is 8.46. The third-order valence-electron chi connectivity index (χ3n) is 3.60. The SMILES string of the molecule is CCCCc1ccc(NC(=O)COc2ccc(NC(C)=O)cc2)cc1. The summed E-state index contributed by atoms with van der Waals surface area (Å²) in [5.74, 6) is 0.222. The summed E-state index contributed by atoms with van der Waals surface area (Å²) in [6.45, 7) is 3.55. The molecule has 5 heteroatoms. The number of rotatable bonds is 8. The minimum absolute atomic E-state index is 0.0724. The Morgan fingerprint density at radius 1 is 0.920 bits per heavy atom. The summed E-state index contributed by atoms with van der Waals surface area (Å²) in [6.07, 6.45) is 3.39. The van der Waals surface area contributed by atoms with Gasteiger partial charge in [0.1, 0.15) is 5.75 Å². The Labute approximate surface area is 148 Å². The quantitative estimate of drug-likeness (QED) is 0.763. The number of hydrogen-bond donors (Lipinski definition) is 2. The number of benzene rings is 2. The average molecular weight is 340 g/mol. The van der Waals surface area contributed by atoms with Crippen molar-refractivity contribution in [3.63, 3.8) is 0 Å². The number of aryl methyl sites for hydroxylation is 1. The van der Waals surface area contributed by atoms with Gasteiger partial charge in [0.25, 0.3) is 5.91 Å². The van der Waals surface area contributed by atoms with Crippen molar-refractivity contribution in [1.82, 2.24) is 0 Å². The van der Waals surface area contributed by atoms with Gasteiger partial charge in [0, 0.05) is 18.3 Å². The summed E-state index contributed by atoms with van der Waals surface area (Å²) in [5, 5.41) is 5.48. The lowest BCUT2D eigenvalue weighted by Crippen LogP contribution is -2.20. The Balaban J connectivity index is 1.79. The topological polar surface area (TPSA) is 67.4 Å². The standard InChI is InChI=1S/C20H24N2O3/c1-3-4-5-16-6-8-18(9-7-16)22-20(24)14-25-19-12-10-17(11-13-19)21-15(2)23/h6-13H,3-5,14H2,1-2H3,(H,21,23)(H,22,24). The van der Waals surface area contributed by atoms with E-state index in [9.17, 15) is 9.59 Å². The Kier molecular flexibility index (Phi) is 7.01.